The zero-order valence-corrected chi connectivity index (χ0v) is 10.3. The van der Waals surface area contributed by atoms with E-state index < -0.39 is 0 Å². The first-order valence-electron chi connectivity index (χ1n) is 5.40. The fourth-order valence-electron chi connectivity index (χ4n) is 1.47. The average Bonchev–Trinajstić information content (AvgIpc) is 2.69. The Balaban J connectivity index is 2.24. The number of aryl methyl sites for hydroxylation is 1. The van der Waals surface area contributed by atoms with Crippen molar-refractivity contribution >= 4 is 27.4 Å². The van der Waals surface area contributed by atoms with Crippen LogP contribution in [0.5, 0.6) is 0 Å². The molecular formula is C11H16N4S. The van der Waals surface area contributed by atoms with Gasteiger partial charge in [0.25, 0.3) is 0 Å². The van der Waals surface area contributed by atoms with Crippen molar-refractivity contribution in [3.63, 3.8) is 0 Å². The first-order chi connectivity index (χ1) is 7.72. The highest BCUT2D eigenvalue weighted by Gasteiger charge is 2.08. The van der Waals surface area contributed by atoms with Gasteiger partial charge in [0.2, 0.25) is 0 Å². The molecule has 4 nitrogen and oxygen atoms in total. The summed E-state index contributed by atoms with van der Waals surface area (Å²) in [7, 11) is 0. The maximum absolute atomic E-state index is 5.87. The van der Waals surface area contributed by atoms with Gasteiger partial charge >= 0.3 is 0 Å². The van der Waals surface area contributed by atoms with Crippen LogP contribution in [-0.2, 0) is 0 Å². The summed E-state index contributed by atoms with van der Waals surface area (Å²) in [6.45, 7) is 4.89. The van der Waals surface area contributed by atoms with Crippen LogP contribution in [0.1, 0.15) is 18.9 Å². The minimum atomic E-state index is 0.172. The van der Waals surface area contributed by atoms with Gasteiger partial charge in [-0.3, -0.25) is 0 Å². The third kappa shape index (κ3) is 2.15. The van der Waals surface area contributed by atoms with Crippen LogP contribution in [0.2, 0.25) is 0 Å². The van der Waals surface area contributed by atoms with Crippen LogP contribution in [0.15, 0.2) is 11.7 Å². The number of nitrogens with one attached hydrogen (secondary N) is 1. The van der Waals surface area contributed by atoms with Gasteiger partial charge in [-0.1, -0.05) is 6.92 Å². The van der Waals surface area contributed by atoms with Crippen molar-refractivity contribution in [2.24, 2.45) is 5.73 Å². The number of hydrogen-bond donors (Lipinski definition) is 2. The van der Waals surface area contributed by atoms with Crippen molar-refractivity contribution < 1.29 is 0 Å². The summed E-state index contributed by atoms with van der Waals surface area (Å²) in [6, 6.07) is 0.172. The molecule has 1 unspecified atom stereocenters. The Morgan fingerprint density at radius 1 is 1.50 bits per heavy atom. The molecule has 0 amide bonds. The molecule has 0 saturated carbocycles. The zero-order chi connectivity index (χ0) is 11.5. The predicted octanol–water partition coefficient (Wildman–Crippen LogP) is 2.15. The van der Waals surface area contributed by atoms with Crippen LogP contribution >= 0.6 is 11.3 Å². The summed E-state index contributed by atoms with van der Waals surface area (Å²) < 4.78 is 1.11. The van der Waals surface area contributed by atoms with E-state index in [2.05, 4.69) is 34.5 Å². The van der Waals surface area contributed by atoms with Crippen LogP contribution in [0.4, 0.5) is 5.82 Å². The fourth-order valence-corrected chi connectivity index (χ4v) is 2.44. The molecule has 1 atom stereocenters. The SMILES string of the molecule is CCC(N)CNc1ncnc2c(C)csc12. The highest BCUT2D eigenvalue weighted by Crippen LogP contribution is 2.28. The quantitative estimate of drug-likeness (QED) is 0.853. The lowest BCUT2D eigenvalue weighted by Gasteiger charge is -2.10. The lowest BCUT2D eigenvalue weighted by Crippen LogP contribution is -2.28. The van der Waals surface area contributed by atoms with E-state index in [1.54, 1.807) is 17.7 Å². The van der Waals surface area contributed by atoms with Crippen molar-refractivity contribution in [3.8, 4) is 0 Å². The van der Waals surface area contributed by atoms with Gasteiger partial charge in [0.1, 0.15) is 12.1 Å². The zero-order valence-electron chi connectivity index (χ0n) is 9.53. The van der Waals surface area contributed by atoms with E-state index in [0.717, 1.165) is 29.0 Å². The topological polar surface area (TPSA) is 63.8 Å². The van der Waals surface area contributed by atoms with Crippen molar-refractivity contribution in [2.45, 2.75) is 26.3 Å². The van der Waals surface area contributed by atoms with Crippen LogP contribution in [0.25, 0.3) is 10.2 Å². The van der Waals surface area contributed by atoms with E-state index in [1.807, 2.05) is 0 Å². The molecule has 0 spiro atoms. The average molecular weight is 236 g/mol. The smallest absolute Gasteiger partial charge is 0.147 e. The van der Waals surface area contributed by atoms with Gasteiger partial charge in [-0.25, -0.2) is 9.97 Å². The molecule has 2 rings (SSSR count). The molecule has 16 heavy (non-hydrogen) atoms. The molecule has 0 aromatic carbocycles. The molecule has 0 radical (unpaired) electrons. The molecule has 2 aromatic rings. The normalized spacial score (nSPS) is 12.9. The van der Waals surface area contributed by atoms with Crippen molar-refractivity contribution in [1.29, 1.82) is 0 Å². The van der Waals surface area contributed by atoms with Gasteiger partial charge in [-0.2, -0.15) is 0 Å². The van der Waals surface area contributed by atoms with E-state index in [-0.39, 0.29) is 6.04 Å². The van der Waals surface area contributed by atoms with Crippen molar-refractivity contribution in [3.05, 3.63) is 17.3 Å². The maximum Gasteiger partial charge on any atom is 0.147 e. The van der Waals surface area contributed by atoms with E-state index in [0.29, 0.717) is 0 Å². The second kappa shape index (κ2) is 4.76. The van der Waals surface area contributed by atoms with Crippen molar-refractivity contribution in [1.82, 2.24) is 9.97 Å². The Morgan fingerprint density at radius 3 is 3.06 bits per heavy atom. The second-order valence-electron chi connectivity index (χ2n) is 3.87. The second-order valence-corrected chi connectivity index (χ2v) is 4.75. The molecule has 0 fully saturated rings. The fraction of sp³-hybridized carbons (Fsp3) is 0.455. The third-order valence-corrected chi connectivity index (χ3v) is 3.68. The molecule has 0 aliphatic heterocycles. The summed E-state index contributed by atoms with van der Waals surface area (Å²) in [5.41, 5.74) is 8.10. The van der Waals surface area contributed by atoms with Gasteiger partial charge in [-0.15, -0.1) is 11.3 Å². The third-order valence-electron chi connectivity index (χ3n) is 2.59. The molecule has 0 bridgehead atoms. The molecule has 2 aromatic heterocycles. The number of nitrogens with zero attached hydrogens (tertiary/aromatic N) is 2. The number of nitrogens with two attached hydrogens (primary N) is 1. The molecular weight excluding hydrogens is 220 g/mol. The Kier molecular flexibility index (Phi) is 3.36. The Bertz CT molecular complexity index is 480. The minimum Gasteiger partial charge on any atom is -0.367 e. The monoisotopic (exact) mass is 236 g/mol. The summed E-state index contributed by atoms with van der Waals surface area (Å²) in [4.78, 5) is 8.54. The first kappa shape index (κ1) is 11.3. The molecule has 3 N–H and O–H groups in total. The number of thiophene rings is 1. The molecule has 0 aliphatic rings. The summed E-state index contributed by atoms with van der Waals surface area (Å²) >= 11 is 1.67. The molecule has 5 heteroatoms. The number of anilines is 1. The van der Waals surface area contributed by atoms with Gasteiger partial charge in [0.15, 0.2) is 0 Å². The first-order valence-corrected chi connectivity index (χ1v) is 6.28. The van der Waals surface area contributed by atoms with Crippen LogP contribution < -0.4 is 11.1 Å². The van der Waals surface area contributed by atoms with Crippen LogP contribution in [0.3, 0.4) is 0 Å². The molecule has 0 saturated heterocycles. The summed E-state index contributed by atoms with van der Waals surface area (Å²) in [5.74, 6) is 0.895. The summed E-state index contributed by atoms with van der Waals surface area (Å²) in [5, 5.41) is 5.39. The Morgan fingerprint density at radius 2 is 2.31 bits per heavy atom. The van der Waals surface area contributed by atoms with E-state index >= 15 is 0 Å². The Hall–Kier alpha value is -1.20. The summed E-state index contributed by atoms with van der Waals surface area (Å²) in [6.07, 6.45) is 2.56. The number of rotatable bonds is 4. The van der Waals surface area contributed by atoms with E-state index in [4.69, 9.17) is 5.73 Å². The van der Waals surface area contributed by atoms with Crippen molar-refractivity contribution in [2.75, 3.05) is 11.9 Å². The lowest BCUT2D eigenvalue weighted by atomic mass is 10.2. The highest BCUT2D eigenvalue weighted by molar-refractivity contribution is 7.18. The van der Waals surface area contributed by atoms with Gasteiger partial charge < -0.3 is 11.1 Å². The number of aromatic nitrogens is 2. The molecule has 86 valence electrons. The van der Waals surface area contributed by atoms with Gasteiger partial charge in [-0.05, 0) is 24.3 Å². The predicted molar refractivity (Wildman–Crippen MR) is 68.9 cm³/mol. The Labute approximate surface area is 98.9 Å². The number of fused-ring (bicyclic) bond motifs is 1. The van der Waals surface area contributed by atoms with Crippen LogP contribution in [-0.4, -0.2) is 22.6 Å². The minimum absolute atomic E-state index is 0.172. The standard InChI is InChI=1S/C11H16N4S/c1-3-8(12)4-13-11-10-9(14-6-15-11)7(2)5-16-10/h5-6,8H,3-4,12H2,1-2H3,(H,13,14,15). The van der Waals surface area contributed by atoms with E-state index in [9.17, 15) is 0 Å². The largest absolute Gasteiger partial charge is 0.367 e. The highest BCUT2D eigenvalue weighted by atomic mass is 32.1. The lowest BCUT2D eigenvalue weighted by molar-refractivity contribution is 0.678. The van der Waals surface area contributed by atoms with Gasteiger partial charge in [0.05, 0.1) is 10.2 Å². The maximum atomic E-state index is 5.87. The molecule has 2 heterocycles. The number of hydrogen-bond acceptors (Lipinski definition) is 5. The van der Waals surface area contributed by atoms with E-state index in [1.165, 1.54) is 5.56 Å². The van der Waals surface area contributed by atoms with Crippen LogP contribution in [0, 0.1) is 6.92 Å². The van der Waals surface area contributed by atoms with Gasteiger partial charge in [0, 0.05) is 12.6 Å². The molecule has 0 aliphatic carbocycles.